The van der Waals surface area contributed by atoms with Gasteiger partial charge in [0, 0.05) is 13.1 Å². The first kappa shape index (κ1) is 16.0. The smallest absolute Gasteiger partial charge is 0.288 e. The number of hydrogen-bond donors (Lipinski definition) is 0. The summed E-state index contributed by atoms with van der Waals surface area (Å²) >= 11 is 5.21. The van der Waals surface area contributed by atoms with Gasteiger partial charge in [0.2, 0.25) is 0 Å². The lowest BCUT2D eigenvalue weighted by molar-refractivity contribution is 0.0206. The number of benzene rings is 1. The van der Waals surface area contributed by atoms with Crippen molar-refractivity contribution in [1.29, 1.82) is 0 Å². The zero-order chi connectivity index (χ0) is 16.1. The molecular formula is C15H19N3O4S. The normalized spacial score (nSPS) is 15.5. The van der Waals surface area contributed by atoms with Gasteiger partial charge in [0.15, 0.2) is 6.61 Å². The molecule has 1 aliphatic heterocycles. The highest BCUT2D eigenvalue weighted by molar-refractivity contribution is 7.71. The van der Waals surface area contributed by atoms with Crippen molar-refractivity contribution in [2.75, 3.05) is 33.4 Å². The molecule has 0 radical (unpaired) electrons. The van der Waals surface area contributed by atoms with Gasteiger partial charge in [0.05, 0.1) is 27.0 Å². The van der Waals surface area contributed by atoms with Crippen molar-refractivity contribution in [2.24, 2.45) is 0 Å². The maximum Gasteiger partial charge on any atom is 0.288 e. The van der Waals surface area contributed by atoms with Gasteiger partial charge in [-0.2, -0.15) is 0 Å². The van der Waals surface area contributed by atoms with E-state index in [0.717, 1.165) is 37.8 Å². The minimum absolute atomic E-state index is 0.228. The molecule has 0 saturated carbocycles. The maximum absolute atomic E-state index is 5.64. The summed E-state index contributed by atoms with van der Waals surface area (Å²) in [7, 11) is 1.63. The molecule has 0 spiro atoms. The summed E-state index contributed by atoms with van der Waals surface area (Å²) < 4.78 is 23.2. The summed E-state index contributed by atoms with van der Waals surface area (Å²) in [5.41, 5.74) is 0. The second-order valence-electron chi connectivity index (χ2n) is 5.10. The number of ether oxygens (including phenoxy) is 3. The molecule has 7 nitrogen and oxygen atoms in total. The molecule has 1 aromatic carbocycles. The van der Waals surface area contributed by atoms with Gasteiger partial charge in [-0.3, -0.25) is 4.90 Å². The second-order valence-corrected chi connectivity index (χ2v) is 5.45. The van der Waals surface area contributed by atoms with Gasteiger partial charge in [-0.1, -0.05) is 0 Å². The third-order valence-electron chi connectivity index (χ3n) is 3.51. The van der Waals surface area contributed by atoms with Gasteiger partial charge in [-0.15, -0.1) is 5.10 Å². The molecule has 0 amide bonds. The van der Waals surface area contributed by atoms with E-state index >= 15 is 0 Å². The lowest BCUT2D eigenvalue weighted by Gasteiger charge is -2.25. The Morgan fingerprint density at radius 1 is 1.17 bits per heavy atom. The lowest BCUT2D eigenvalue weighted by Crippen LogP contribution is -2.37. The molecule has 3 rings (SSSR count). The minimum Gasteiger partial charge on any atom is -0.497 e. The highest BCUT2D eigenvalue weighted by Gasteiger charge is 2.13. The van der Waals surface area contributed by atoms with E-state index in [1.165, 1.54) is 0 Å². The SMILES string of the molecule is COc1ccc(OCc2nn(CN3CCOCC3)c(=S)o2)cc1. The molecule has 1 fully saturated rings. The zero-order valence-electron chi connectivity index (χ0n) is 12.9. The topological polar surface area (TPSA) is 61.9 Å². The van der Waals surface area contributed by atoms with Crippen LogP contribution < -0.4 is 9.47 Å². The average molecular weight is 337 g/mol. The predicted octanol–water partition coefficient (Wildman–Crippen LogP) is 2.08. The predicted molar refractivity (Wildman–Crippen MR) is 85.0 cm³/mol. The van der Waals surface area contributed by atoms with Crippen molar-refractivity contribution in [3.05, 3.63) is 35.0 Å². The Hall–Kier alpha value is -1.90. The number of nitrogens with zero attached hydrogens (tertiary/aromatic N) is 3. The Kier molecular flexibility index (Phi) is 5.27. The molecule has 2 heterocycles. The third kappa shape index (κ3) is 4.31. The monoisotopic (exact) mass is 337 g/mol. The number of hydrogen-bond acceptors (Lipinski definition) is 7. The molecule has 23 heavy (non-hydrogen) atoms. The van der Waals surface area contributed by atoms with E-state index in [2.05, 4.69) is 10.00 Å². The van der Waals surface area contributed by atoms with Crippen LogP contribution in [-0.2, 0) is 18.0 Å². The summed E-state index contributed by atoms with van der Waals surface area (Å²) in [5, 5.41) is 4.37. The molecular weight excluding hydrogens is 318 g/mol. The molecule has 124 valence electrons. The van der Waals surface area contributed by atoms with E-state index in [0.29, 0.717) is 17.4 Å². The number of aromatic nitrogens is 2. The molecule has 1 aliphatic rings. The highest BCUT2D eigenvalue weighted by Crippen LogP contribution is 2.18. The lowest BCUT2D eigenvalue weighted by atomic mass is 10.3. The summed E-state index contributed by atoms with van der Waals surface area (Å²) in [6.45, 7) is 4.04. The Balaban J connectivity index is 1.57. The summed E-state index contributed by atoms with van der Waals surface area (Å²) in [6.07, 6.45) is 0. The Bertz CT molecular complexity index is 677. The molecule has 0 aliphatic carbocycles. The molecule has 0 bridgehead atoms. The average Bonchev–Trinajstić information content (AvgIpc) is 2.94. The largest absolute Gasteiger partial charge is 0.497 e. The van der Waals surface area contributed by atoms with Gasteiger partial charge in [-0.25, -0.2) is 4.68 Å². The fraction of sp³-hybridized carbons (Fsp3) is 0.467. The van der Waals surface area contributed by atoms with Crippen LogP contribution >= 0.6 is 12.2 Å². The van der Waals surface area contributed by atoms with Crippen LogP contribution in [0.25, 0.3) is 0 Å². The summed E-state index contributed by atoms with van der Waals surface area (Å²) in [5.74, 6) is 1.96. The van der Waals surface area contributed by atoms with E-state index in [1.54, 1.807) is 11.8 Å². The Morgan fingerprint density at radius 3 is 2.57 bits per heavy atom. The van der Waals surface area contributed by atoms with Gasteiger partial charge < -0.3 is 18.6 Å². The van der Waals surface area contributed by atoms with Crippen molar-refractivity contribution in [1.82, 2.24) is 14.7 Å². The molecule has 1 aromatic heterocycles. The first-order valence-electron chi connectivity index (χ1n) is 7.38. The van der Waals surface area contributed by atoms with Gasteiger partial charge >= 0.3 is 0 Å². The van der Waals surface area contributed by atoms with Crippen molar-refractivity contribution in [3.8, 4) is 11.5 Å². The number of rotatable bonds is 6. The van der Waals surface area contributed by atoms with E-state index in [4.69, 9.17) is 30.8 Å². The fourth-order valence-corrected chi connectivity index (χ4v) is 2.44. The van der Waals surface area contributed by atoms with Crippen LogP contribution in [0, 0.1) is 4.84 Å². The fourth-order valence-electron chi connectivity index (χ4n) is 2.25. The van der Waals surface area contributed by atoms with Crippen LogP contribution in [0.1, 0.15) is 5.89 Å². The summed E-state index contributed by atoms with van der Waals surface area (Å²) in [6, 6.07) is 7.33. The first-order chi connectivity index (χ1) is 11.2. The maximum atomic E-state index is 5.64. The molecule has 8 heteroatoms. The van der Waals surface area contributed by atoms with Crippen molar-refractivity contribution in [3.63, 3.8) is 0 Å². The quantitative estimate of drug-likeness (QED) is 0.748. The molecule has 0 unspecified atom stereocenters. The van der Waals surface area contributed by atoms with E-state index in [-0.39, 0.29) is 6.61 Å². The molecule has 1 saturated heterocycles. The van der Waals surface area contributed by atoms with Gasteiger partial charge in [0.1, 0.15) is 11.5 Å². The molecule has 2 aromatic rings. The van der Waals surface area contributed by atoms with E-state index in [1.807, 2.05) is 24.3 Å². The molecule has 0 N–H and O–H groups in total. The summed E-state index contributed by atoms with van der Waals surface area (Å²) in [4.78, 5) is 2.57. The number of morpholine rings is 1. The second kappa shape index (κ2) is 7.58. The van der Waals surface area contributed by atoms with Crippen LogP contribution in [0.15, 0.2) is 28.7 Å². The van der Waals surface area contributed by atoms with Crippen LogP contribution in [-0.4, -0.2) is 48.1 Å². The van der Waals surface area contributed by atoms with Crippen molar-refractivity contribution < 1.29 is 18.6 Å². The van der Waals surface area contributed by atoms with Crippen LogP contribution in [0.5, 0.6) is 11.5 Å². The molecule has 0 atom stereocenters. The van der Waals surface area contributed by atoms with Crippen molar-refractivity contribution in [2.45, 2.75) is 13.3 Å². The van der Waals surface area contributed by atoms with Crippen LogP contribution in [0.4, 0.5) is 0 Å². The highest BCUT2D eigenvalue weighted by atomic mass is 32.1. The van der Waals surface area contributed by atoms with Gasteiger partial charge in [-0.05, 0) is 36.5 Å². The Labute approximate surface area is 139 Å². The standard InChI is InChI=1S/C15H19N3O4S/c1-19-12-2-4-13(5-3-12)21-10-14-16-18(15(23)22-14)11-17-6-8-20-9-7-17/h2-5H,6-11H2,1H3. The van der Waals surface area contributed by atoms with Crippen LogP contribution in [0.3, 0.4) is 0 Å². The Morgan fingerprint density at radius 2 is 1.87 bits per heavy atom. The zero-order valence-corrected chi connectivity index (χ0v) is 13.8. The third-order valence-corrected chi connectivity index (χ3v) is 3.80. The first-order valence-corrected chi connectivity index (χ1v) is 7.79. The minimum atomic E-state index is 0.228. The number of methoxy groups -OCH3 is 1. The van der Waals surface area contributed by atoms with Crippen molar-refractivity contribution >= 4 is 12.2 Å². The van der Waals surface area contributed by atoms with Crippen LogP contribution in [0.2, 0.25) is 0 Å². The van der Waals surface area contributed by atoms with E-state index < -0.39 is 0 Å². The van der Waals surface area contributed by atoms with E-state index in [9.17, 15) is 0 Å². The van der Waals surface area contributed by atoms with Gasteiger partial charge in [0.25, 0.3) is 10.7 Å².